The SMILES string of the molecule is CC/C=C\C/C=C\C/C=C\C/C=C\C/C=C\C/C=C\CCCCCCCCCCCCC(=O)NC(COP(=O)(O)OCC[N+](C)(C)C)C(O)/C=C/CCCCCC. The number of quaternary nitrogens is 1. The molecule has 0 aliphatic rings. The van der Waals surface area contributed by atoms with Crippen LogP contribution in [0.4, 0.5) is 0 Å². The third-order valence-electron chi connectivity index (χ3n) is 9.37. The summed E-state index contributed by atoms with van der Waals surface area (Å²) in [5.74, 6) is -0.193. The molecule has 1 amide bonds. The van der Waals surface area contributed by atoms with E-state index in [9.17, 15) is 19.4 Å². The first-order valence-corrected chi connectivity index (χ1v) is 24.0. The van der Waals surface area contributed by atoms with Crippen LogP contribution in [-0.2, 0) is 18.4 Å². The summed E-state index contributed by atoms with van der Waals surface area (Å²) in [6.45, 7) is 4.59. The Labute approximate surface area is 350 Å². The second-order valence-corrected chi connectivity index (χ2v) is 17.5. The molecule has 0 spiro atoms. The van der Waals surface area contributed by atoms with E-state index in [0.717, 1.165) is 89.9 Å². The lowest BCUT2D eigenvalue weighted by Gasteiger charge is -2.25. The van der Waals surface area contributed by atoms with Crippen molar-refractivity contribution in [3.8, 4) is 0 Å². The van der Waals surface area contributed by atoms with Gasteiger partial charge in [0.25, 0.3) is 0 Å². The predicted octanol–water partition coefficient (Wildman–Crippen LogP) is 12.6. The molecule has 0 bridgehead atoms. The fraction of sp³-hybridized carbons (Fsp3) is 0.688. The highest BCUT2D eigenvalue weighted by molar-refractivity contribution is 7.47. The molecule has 0 heterocycles. The van der Waals surface area contributed by atoms with Gasteiger partial charge in [0.2, 0.25) is 5.91 Å². The summed E-state index contributed by atoms with van der Waals surface area (Å²) >= 11 is 0. The number of carbonyl (C=O) groups excluding carboxylic acids is 1. The second-order valence-electron chi connectivity index (χ2n) is 16.0. The molecular formula is C48H86N2O6P+. The van der Waals surface area contributed by atoms with Crippen molar-refractivity contribution in [1.29, 1.82) is 0 Å². The zero-order chi connectivity index (χ0) is 42.1. The molecule has 328 valence electrons. The van der Waals surface area contributed by atoms with Gasteiger partial charge in [-0.3, -0.25) is 13.8 Å². The Morgan fingerprint density at radius 1 is 0.614 bits per heavy atom. The Hall–Kier alpha value is -2.32. The van der Waals surface area contributed by atoms with Crippen molar-refractivity contribution >= 4 is 13.7 Å². The van der Waals surface area contributed by atoms with Crippen LogP contribution in [0, 0.1) is 0 Å². The number of aliphatic hydroxyl groups is 1. The van der Waals surface area contributed by atoms with Crippen LogP contribution in [0.25, 0.3) is 0 Å². The molecule has 0 aliphatic heterocycles. The molecule has 0 aliphatic carbocycles. The highest BCUT2D eigenvalue weighted by atomic mass is 31.2. The number of unbranched alkanes of at least 4 members (excludes halogenated alkanes) is 14. The maximum Gasteiger partial charge on any atom is 0.472 e. The van der Waals surface area contributed by atoms with Gasteiger partial charge in [-0.05, 0) is 70.6 Å². The summed E-state index contributed by atoms with van der Waals surface area (Å²) < 4.78 is 23.4. The van der Waals surface area contributed by atoms with E-state index >= 15 is 0 Å². The smallest absolute Gasteiger partial charge is 0.387 e. The Morgan fingerprint density at radius 2 is 1.05 bits per heavy atom. The fourth-order valence-electron chi connectivity index (χ4n) is 5.81. The van der Waals surface area contributed by atoms with E-state index in [1.54, 1.807) is 6.08 Å². The fourth-order valence-corrected chi connectivity index (χ4v) is 6.54. The van der Waals surface area contributed by atoms with Gasteiger partial charge in [-0.15, -0.1) is 0 Å². The number of phosphoric ester groups is 1. The highest BCUT2D eigenvalue weighted by Crippen LogP contribution is 2.43. The summed E-state index contributed by atoms with van der Waals surface area (Å²) in [4.78, 5) is 23.0. The molecule has 0 aromatic heterocycles. The maximum absolute atomic E-state index is 12.8. The van der Waals surface area contributed by atoms with Crippen molar-refractivity contribution in [1.82, 2.24) is 5.32 Å². The van der Waals surface area contributed by atoms with Crippen molar-refractivity contribution in [3.05, 3.63) is 85.1 Å². The summed E-state index contributed by atoms with van der Waals surface area (Å²) in [7, 11) is 1.55. The monoisotopic (exact) mass is 818 g/mol. The van der Waals surface area contributed by atoms with Gasteiger partial charge >= 0.3 is 7.82 Å². The molecule has 3 atom stereocenters. The lowest BCUT2D eigenvalue weighted by molar-refractivity contribution is -0.870. The van der Waals surface area contributed by atoms with E-state index in [0.29, 0.717) is 17.4 Å². The Morgan fingerprint density at radius 3 is 1.54 bits per heavy atom. The Kier molecular flexibility index (Phi) is 37.6. The molecule has 3 unspecified atom stereocenters. The van der Waals surface area contributed by atoms with Crippen molar-refractivity contribution in [2.75, 3.05) is 40.9 Å². The summed E-state index contributed by atoms with van der Waals surface area (Å²) in [5.41, 5.74) is 0. The van der Waals surface area contributed by atoms with E-state index in [-0.39, 0.29) is 19.1 Å². The molecule has 8 nitrogen and oxygen atoms in total. The maximum atomic E-state index is 12.8. The van der Waals surface area contributed by atoms with Crippen molar-refractivity contribution in [3.63, 3.8) is 0 Å². The first-order chi connectivity index (χ1) is 27.5. The van der Waals surface area contributed by atoms with Gasteiger partial charge in [0.15, 0.2) is 0 Å². The van der Waals surface area contributed by atoms with E-state index < -0.39 is 20.0 Å². The predicted molar refractivity (Wildman–Crippen MR) is 244 cm³/mol. The minimum absolute atomic E-state index is 0.0558. The van der Waals surface area contributed by atoms with Crippen LogP contribution in [0.5, 0.6) is 0 Å². The number of nitrogens with zero attached hydrogens (tertiary/aromatic N) is 1. The first-order valence-electron chi connectivity index (χ1n) is 22.5. The first kappa shape index (κ1) is 54.7. The lowest BCUT2D eigenvalue weighted by atomic mass is 10.0. The van der Waals surface area contributed by atoms with Crippen molar-refractivity contribution in [2.45, 2.75) is 174 Å². The molecule has 0 fully saturated rings. The summed E-state index contributed by atoms with van der Waals surface area (Å²) in [6, 6.07) is -0.850. The molecular weight excluding hydrogens is 732 g/mol. The zero-order valence-corrected chi connectivity index (χ0v) is 37.9. The average molecular weight is 818 g/mol. The number of hydrogen-bond donors (Lipinski definition) is 3. The highest BCUT2D eigenvalue weighted by Gasteiger charge is 2.27. The van der Waals surface area contributed by atoms with E-state index in [1.165, 1.54) is 51.4 Å². The molecule has 0 aromatic carbocycles. The van der Waals surface area contributed by atoms with Crippen LogP contribution < -0.4 is 5.32 Å². The van der Waals surface area contributed by atoms with Crippen molar-refractivity contribution in [2.24, 2.45) is 0 Å². The summed E-state index contributed by atoms with van der Waals surface area (Å²) in [5, 5.41) is 13.6. The zero-order valence-electron chi connectivity index (χ0n) is 37.0. The number of amides is 1. The number of nitrogens with one attached hydrogen (secondary N) is 1. The van der Waals surface area contributed by atoms with Gasteiger partial charge < -0.3 is 19.8 Å². The minimum atomic E-state index is -4.33. The van der Waals surface area contributed by atoms with E-state index in [2.05, 4.69) is 92.1 Å². The van der Waals surface area contributed by atoms with Crippen LogP contribution >= 0.6 is 7.82 Å². The van der Waals surface area contributed by atoms with E-state index in [1.807, 2.05) is 27.2 Å². The van der Waals surface area contributed by atoms with Gasteiger partial charge in [-0.2, -0.15) is 0 Å². The van der Waals surface area contributed by atoms with Gasteiger partial charge in [0, 0.05) is 6.42 Å². The average Bonchev–Trinajstić information content (AvgIpc) is 3.16. The largest absolute Gasteiger partial charge is 0.472 e. The van der Waals surface area contributed by atoms with Gasteiger partial charge in [-0.25, -0.2) is 4.57 Å². The van der Waals surface area contributed by atoms with Gasteiger partial charge in [0.05, 0.1) is 39.9 Å². The standard InChI is InChI=1S/C48H85N2O6P/c1-6-8-10-12-14-15-16-17-18-19-20-21-22-23-24-25-26-27-28-29-30-31-32-33-34-35-36-38-40-42-48(52)49-46(47(51)41-39-37-13-11-9-7-2)45-56-57(53,54)55-44-43-50(3,4)5/h8,10,14-15,17-18,20-21,23-24,26-27,39,41,46-47,51H,6-7,9,11-13,16,19,22,25,28-38,40,42-45H2,1-5H3,(H-,49,52,53,54)/p+1/b10-8-,15-14-,18-17-,21-20-,24-23-,27-26-,41-39+. The number of allylic oxidation sites excluding steroid dienone is 13. The number of rotatable bonds is 39. The third kappa shape index (κ3) is 41.6. The molecule has 0 radical (unpaired) electrons. The lowest BCUT2D eigenvalue weighted by Crippen LogP contribution is -2.45. The van der Waals surface area contributed by atoms with Gasteiger partial charge in [-0.1, -0.05) is 170 Å². The van der Waals surface area contributed by atoms with Crippen molar-refractivity contribution < 1.29 is 32.9 Å². The molecule has 3 N–H and O–H groups in total. The molecule has 0 aromatic rings. The Bertz CT molecular complexity index is 1200. The number of likely N-dealkylation sites (N-methyl/N-ethyl adjacent to an activating group) is 1. The Balaban J connectivity index is 4.07. The quantitative estimate of drug-likeness (QED) is 0.0247. The molecule has 57 heavy (non-hydrogen) atoms. The summed E-state index contributed by atoms with van der Waals surface area (Å²) in [6.07, 6.45) is 54.1. The normalized spacial score (nSPS) is 15.1. The van der Waals surface area contributed by atoms with Crippen LogP contribution in [0.1, 0.15) is 162 Å². The van der Waals surface area contributed by atoms with Crippen LogP contribution in [0.2, 0.25) is 0 Å². The van der Waals surface area contributed by atoms with Crippen LogP contribution in [0.3, 0.4) is 0 Å². The third-order valence-corrected chi connectivity index (χ3v) is 10.4. The number of phosphoric acid groups is 1. The van der Waals surface area contributed by atoms with E-state index in [4.69, 9.17) is 9.05 Å². The number of hydrogen-bond acceptors (Lipinski definition) is 5. The molecule has 0 saturated heterocycles. The van der Waals surface area contributed by atoms with Gasteiger partial charge in [0.1, 0.15) is 13.2 Å². The minimum Gasteiger partial charge on any atom is -0.387 e. The molecule has 0 rings (SSSR count). The topological polar surface area (TPSA) is 105 Å². The second kappa shape index (κ2) is 39.2. The van der Waals surface area contributed by atoms with Crippen LogP contribution in [0.15, 0.2) is 85.1 Å². The van der Waals surface area contributed by atoms with Crippen LogP contribution in [-0.4, -0.2) is 73.4 Å². The number of aliphatic hydroxyl groups excluding tert-OH is 1. The number of carbonyl (C=O) groups is 1. The molecule has 0 saturated carbocycles. The molecule has 9 heteroatoms.